The fourth-order valence-electron chi connectivity index (χ4n) is 0.632. The highest BCUT2D eigenvalue weighted by Crippen LogP contribution is 2.05. The van der Waals surface area contributed by atoms with Crippen molar-refractivity contribution in [3.8, 4) is 6.07 Å². The zero-order valence-corrected chi connectivity index (χ0v) is 7.56. The number of rotatable bonds is 5. The zero-order valence-electron chi connectivity index (χ0n) is 6.75. The van der Waals surface area contributed by atoms with Gasteiger partial charge in [0.2, 0.25) is 5.25 Å². The second kappa shape index (κ2) is 6.26. The van der Waals surface area contributed by atoms with E-state index in [1.807, 2.05) is 13.0 Å². The Morgan fingerprint density at radius 2 is 2.45 bits per heavy atom. The highest BCUT2D eigenvalue weighted by Gasteiger charge is 2.16. The molecule has 0 aromatic carbocycles. The van der Waals surface area contributed by atoms with Crippen molar-refractivity contribution in [2.24, 2.45) is 0 Å². The second-order valence-corrected chi connectivity index (χ2v) is 3.90. The third-order valence-corrected chi connectivity index (χ3v) is 2.88. The lowest BCUT2D eigenvalue weighted by atomic mass is 10.4. The molecular formula is C8H13NOS. The van der Waals surface area contributed by atoms with Gasteiger partial charge in [-0.25, -0.2) is 0 Å². The Labute approximate surface area is 71.1 Å². The number of hydrogen-bond acceptors (Lipinski definition) is 2. The van der Waals surface area contributed by atoms with Gasteiger partial charge in [0.05, 0.1) is 0 Å². The Bertz CT molecular complexity index is 153. The zero-order chi connectivity index (χ0) is 8.69. The minimum absolute atomic E-state index is 0.485. The van der Waals surface area contributed by atoms with Crippen molar-refractivity contribution in [2.75, 3.05) is 5.75 Å². The molecule has 3 heteroatoms. The Morgan fingerprint density at radius 1 is 1.82 bits per heavy atom. The predicted molar refractivity (Wildman–Crippen MR) is 47.5 cm³/mol. The smallest absolute Gasteiger partial charge is 0.218 e. The first-order valence-corrected chi connectivity index (χ1v) is 5.03. The van der Waals surface area contributed by atoms with Gasteiger partial charge in [-0.2, -0.15) is 5.26 Å². The molecule has 0 spiro atoms. The quantitative estimate of drug-likeness (QED) is 0.466. The summed E-state index contributed by atoms with van der Waals surface area (Å²) in [6.45, 7) is 5.48. The molecule has 0 aliphatic rings. The van der Waals surface area contributed by atoms with Gasteiger partial charge in [-0.15, -0.1) is 0 Å². The van der Waals surface area contributed by atoms with Crippen LogP contribution in [0.2, 0.25) is 0 Å². The number of unbranched alkanes of at least 4 members (excludes halogenated alkanes) is 1. The summed E-state index contributed by atoms with van der Waals surface area (Å²) in [4.78, 5) is 0. The highest BCUT2D eigenvalue weighted by molar-refractivity contribution is 7.92. The van der Waals surface area contributed by atoms with Crippen LogP contribution in [0.25, 0.3) is 0 Å². The van der Waals surface area contributed by atoms with Gasteiger partial charge >= 0.3 is 0 Å². The Morgan fingerprint density at radius 3 is 2.82 bits per heavy atom. The lowest BCUT2D eigenvalue weighted by molar-refractivity contribution is 0.590. The summed E-state index contributed by atoms with van der Waals surface area (Å²) in [5.74, 6) is 0.612. The molecule has 0 fully saturated rings. The molecule has 0 saturated carbocycles. The van der Waals surface area contributed by atoms with Gasteiger partial charge in [0.15, 0.2) is 0 Å². The van der Waals surface area contributed by atoms with Gasteiger partial charge in [0, 0.05) is 0 Å². The Kier molecular flexibility index (Phi) is 6.00. The molecule has 0 bridgehead atoms. The van der Waals surface area contributed by atoms with Crippen molar-refractivity contribution in [2.45, 2.75) is 25.0 Å². The molecule has 0 aromatic heterocycles. The standard InChI is InChI=1S/C8H13NOS/c1-3-5-6-11(10)8(4-2)7-9/h4,8H,2-3,5-6H2,1H3. The van der Waals surface area contributed by atoms with E-state index in [4.69, 9.17) is 5.26 Å². The number of nitriles is 1. The third kappa shape index (κ3) is 4.07. The topological polar surface area (TPSA) is 46.8 Å². The molecule has 0 aliphatic carbocycles. The molecule has 0 saturated heterocycles. The van der Waals surface area contributed by atoms with Gasteiger partial charge in [-0.3, -0.25) is 0 Å². The molecule has 2 nitrogen and oxygen atoms in total. The van der Waals surface area contributed by atoms with E-state index in [1.54, 1.807) is 0 Å². The summed E-state index contributed by atoms with van der Waals surface area (Å²) >= 11 is -1.04. The minimum Gasteiger partial charge on any atom is -0.615 e. The van der Waals surface area contributed by atoms with Crippen molar-refractivity contribution in [3.05, 3.63) is 12.7 Å². The molecule has 2 atom stereocenters. The van der Waals surface area contributed by atoms with E-state index in [0.29, 0.717) is 5.75 Å². The van der Waals surface area contributed by atoms with E-state index in [1.165, 1.54) is 6.08 Å². The van der Waals surface area contributed by atoms with Gasteiger partial charge in [-0.1, -0.05) is 19.9 Å². The van der Waals surface area contributed by atoms with Gasteiger partial charge < -0.3 is 4.55 Å². The van der Waals surface area contributed by atoms with E-state index >= 15 is 0 Å². The molecule has 0 aliphatic heterocycles. The maximum atomic E-state index is 11.2. The van der Waals surface area contributed by atoms with Crippen LogP contribution in [-0.2, 0) is 11.2 Å². The lowest BCUT2D eigenvalue weighted by Gasteiger charge is -2.11. The average molecular weight is 171 g/mol. The molecule has 2 unspecified atom stereocenters. The second-order valence-electron chi connectivity index (χ2n) is 2.22. The van der Waals surface area contributed by atoms with Crippen LogP contribution in [0.1, 0.15) is 19.8 Å². The largest absolute Gasteiger partial charge is 0.615 e. The molecular weight excluding hydrogens is 158 g/mol. The summed E-state index contributed by atoms with van der Waals surface area (Å²) < 4.78 is 11.2. The van der Waals surface area contributed by atoms with Crippen molar-refractivity contribution < 1.29 is 4.55 Å². The van der Waals surface area contributed by atoms with Crippen LogP contribution in [0.4, 0.5) is 0 Å². The molecule has 62 valence electrons. The lowest BCUT2D eigenvalue weighted by Crippen LogP contribution is -2.20. The monoisotopic (exact) mass is 171 g/mol. The predicted octanol–water partition coefficient (Wildman–Crippen LogP) is 1.61. The van der Waals surface area contributed by atoms with Crippen LogP contribution in [0.15, 0.2) is 12.7 Å². The van der Waals surface area contributed by atoms with Gasteiger partial charge in [0.25, 0.3) is 0 Å². The summed E-state index contributed by atoms with van der Waals surface area (Å²) in [5, 5.41) is 8.00. The SMILES string of the molecule is C=CC(C#N)[S+]([O-])CCCC. The van der Waals surface area contributed by atoms with E-state index in [2.05, 4.69) is 6.58 Å². The molecule has 11 heavy (non-hydrogen) atoms. The number of nitrogens with zero attached hydrogens (tertiary/aromatic N) is 1. The summed E-state index contributed by atoms with van der Waals surface area (Å²) in [6, 6.07) is 1.94. The van der Waals surface area contributed by atoms with Gasteiger partial charge in [0.1, 0.15) is 11.8 Å². The average Bonchev–Trinajstić information content (AvgIpc) is 2.03. The first kappa shape index (κ1) is 10.5. The Balaban J connectivity index is 3.71. The van der Waals surface area contributed by atoms with Crippen LogP contribution in [0.5, 0.6) is 0 Å². The van der Waals surface area contributed by atoms with Crippen LogP contribution in [-0.4, -0.2) is 15.6 Å². The molecule has 0 N–H and O–H groups in total. The van der Waals surface area contributed by atoms with Crippen molar-refractivity contribution in [1.29, 1.82) is 5.26 Å². The normalized spacial score (nSPS) is 15.0. The van der Waals surface area contributed by atoms with E-state index in [0.717, 1.165) is 12.8 Å². The van der Waals surface area contributed by atoms with Crippen LogP contribution >= 0.6 is 0 Å². The highest BCUT2D eigenvalue weighted by atomic mass is 32.2. The van der Waals surface area contributed by atoms with Crippen molar-refractivity contribution >= 4 is 11.2 Å². The maximum absolute atomic E-state index is 11.2. The van der Waals surface area contributed by atoms with Crippen LogP contribution in [0.3, 0.4) is 0 Å². The molecule has 0 rings (SSSR count). The van der Waals surface area contributed by atoms with Gasteiger partial charge in [-0.05, 0) is 23.7 Å². The first-order chi connectivity index (χ1) is 5.26. The van der Waals surface area contributed by atoms with Crippen molar-refractivity contribution in [1.82, 2.24) is 0 Å². The summed E-state index contributed by atoms with van der Waals surface area (Å²) in [5.41, 5.74) is 0. The van der Waals surface area contributed by atoms with Crippen molar-refractivity contribution in [3.63, 3.8) is 0 Å². The van der Waals surface area contributed by atoms with E-state index in [-0.39, 0.29) is 0 Å². The summed E-state index contributed by atoms with van der Waals surface area (Å²) in [6.07, 6.45) is 3.38. The Hall–Kier alpha value is -0.460. The molecule has 0 aromatic rings. The first-order valence-electron chi connectivity index (χ1n) is 3.65. The maximum Gasteiger partial charge on any atom is 0.218 e. The summed E-state index contributed by atoms with van der Waals surface area (Å²) in [7, 11) is 0. The van der Waals surface area contributed by atoms with Crippen LogP contribution < -0.4 is 0 Å². The van der Waals surface area contributed by atoms with E-state index < -0.39 is 16.4 Å². The number of hydrogen-bond donors (Lipinski definition) is 0. The minimum atomic E-state index is -1.04. The van der Waals surface area contributed by atoms with E-state index in [9.17, 15) is 4.55 Å². The third-order valence-electron chi connectivity index (χ3n) is 1.32. The fourth-order valence-corrected chi connectivity index (χ4v) is 1.79. The molecule has 0 radical (unpaired) electrons. The van der Waals surface area contributed by atoms with Crippen LogP contribution in [0, 0.1) is 11.3 Å². The molecule has 0 heterocycles. The fraction of sp³-hybridized carbons (Fsp3) is 0.625. The molecule has 0 amide bonds.